The lowest BCUT2D eigenvalue weighted by Crippen LogP contribution is -2.49. The van der Waals surface area contributed by atoms with E-state index in [9.17, 15) is 9.18 Å². The summed E-state index contributed by atoms with van der Waals surface area (Å²) in [5.74, 6) is 1.34. The van der Waals surface area contributed by atoms with E-state index in [2.05, 4.69) is 30.4 Å². The molecule has 1 amide bonds. The summed E-state index contributed by atoms with van der Waals surface area (Å²) in [6.45, 7) is 4.27. The van der Waals surface area contributed by atoms with Crippen LogP contribution in [-0.4, -0.2) is 57.2 Å². The Morgan fingerprint density at radius 1 is 1.03 bits per heavy atom. The Labute approximate surface area is 167 Å². The van der Waals surface area contributed by atoms with Crippen LogP contribution in [0.2, 0.25) is 0 Å². The van der Waals surface area contributed by atoms with Crippen LogP contribution in [-0.2, 0) is 0 Å². The normalized spacial score (nSPS) is 14.0. The molecule has 3 aromatic rings. The summed E-state index contributed by atoms with van der Waals surface area (Å²) < 4.78 is 13.3. The second kappa shape index (κ2) is 8.17. The van der Waals surface area contributed by atoms with Crippen molar-refractivity contribution in [1.82, 2.24) is 25.1 Å². The van der Waals surface area contributed by atoms with E-state index in [-0.39, 0.29) is 11.5 Å². The first-order chi connectivity index (χ1) is 14.1. The number of hydrogen-bond acceptors (Lipinski definition) is 7. The summed E-state index contributed by atoms with van der Waals surface area (Å²) in [4.78, 5) is 24.2. The molecule has 0 atom stereocenters. The molecular weight excluding hydrogens is 373 g/mol. The molecule has 1 aliphatic rings. The highest BCUT2D eigenvalue weighted by Gasteiger charge is 2.23. The standard InChI is InChI=1S/C20H20FN7O/c1-14-4-5-23-18(10-14)24-17-2-3-19(26-25-17)27-6-8-28(9-7-27)20(29)15-11-16(21)13-22-12-15/h2-5,10-13H,6-9H2,1H3,(H,23,24,25). The third kappa shape index (κ3) is 4.45. The third-order valence-corrected chi connectivity index (χ3v) is 4.66. The Hall–Kier alpha value is -3.62. The molecule has 9 heteroatoms. The van der Waals surface area contributed by atoms with Gasteiger partial charge in [0, 0.05) is 38.6 Å². The van der Waals surface area contributed by atoms with Crippen LogP contribution >= 0.6 is 0 Å². The summed E-state index contributed by atoms with van der Waals surface area (Å²) >= 11 is 0. The van der Waals surface area contributed by atoms with E-state index in [1.807, 2.05) is 31.2 Å². The average molecular weight is 393 g/mol. The number of nitrogens with one attached hydrogen (secondary N) is 1. The maximum Gasteiger partial charge on any atom is 0.255 e. The molecule has 1 N–H and O–H groups in total. The van der Waals surface area contributed by atoms with Crippen molar-refractivity contribution in [1.29, 1.82) is 0 Å². The number of aryl methyl sites for hydroxylation is 1. The second-order valence-corrected chi connectivity index (χ2v) is 6.79. The molecule has 0 spiro atoms. The Morgan fingerprint density at radius 2 is 1.86 bits per heavy atom. The number of nitrogens with zero attached hydrogens (tertiary/aromatic N) is 6. The maximum absolute atomic E-state index is 13.3. The minimum absolute atomic E-state index is 0.215. The molecule has 3 aromatic heterocycles. The van der Waals surface area contributed by atoms with Gasteiger partial charge in [-0.25, -0.2) is 9.37 Å². The number of hydrogen-bond donors (Lipinski definition) is 1. The molecule has 4 rings (SSSR count). The first-order valence-corrected chi connectivity index (χ1v) is 9.27. The largest absolute Gasteiger partial charge is 0.352 e. The number of aromatic nitrogens is 4. The molecule has 0 unspecified atom stereocenters. The Balaban J connectivity index is 1.35. The van der Waals surface area contributed by atoms with E-state index in [4.69, 9.17) is 0 Å². The topological polar surface area (TPSA) is 87.1 Å². The molecule has 0 bridgehead atoms. The number of halogens is 1. The average Bonchev–Trinajstić information content (AvgIpc) is 2.74. The van der Waals surface area contributed by atoms with Crippen LogP contribution in [0.25, 0.3) is 0 Å². The van der Waals surface area contributed by atoms with Crippen molar-refractivity contribution in [3.8, 4) is 0 Å². The van der Waals surface area contributed by atoms with Gasteiger partial charge in [0.1, 0.15) is 11.6 Å². The van der Waals surface area contributed by atoms with Crippen molar-refractivity contribution >= 4 is 23.4 Å². The lowest BCUT2D eigenvalue weighted by atomic mass is 10.2. The van der Waals surface area contributed by atoms with Crippen molar-refractivity contribution in [3.63, 3.8) is 0 Å². The molecule has 148 valence electrons. The molecule has 1 saturated heterocycles. The summed E-state index contributed by atoms with van der Waals surface area (Å²) in [5.41, 5.74) is 1.37. The number of piperazine rings is 1. The van der Waals surface area contributed by atoms with Crippen LogP contribution in [0.15, 0.2) is 48.9 Å². The molecule has 0 saturated carbocycles. The highest BCUT2D eigenvalue weighted by molar-refractivity contribution is 5.94. The molecule has 1 aliphatic heterocycles. The van der Waals surface area contributed by atoms with E-state index in [1.54, 1.807) is 11.1 Å². The fourth-order valence-electron chi connectivity index (χ4n) is 3.15. The zero-order valence-electron chi connectivity index (χ0n) is 15.9. The smallest absolute Gasteiger partial charge is 0.255 e. The Bertz CT molecular complexity index is 1000. The number of amides is 1. The first kappa shape index (κ1) is 18.7. The monoisotopic (exact) mass is 393 g/mol. The quantitative estimate of drug-likeness (QED) is 0.728. The molecular formula is C20H20FN7O. The fourth-order valence-corrected chi connectivity index (χ4v) is 3.15. The first-order valence-electron chi connectivity index (χ1n) is 9.27. The minimum atomic E-state index is -0.515. The summed E-state index contributed by atoms with van der Waals surface area (Å²) in [6, 6.07) is 8.80. The summed E-state index contributed by atoms with van der Waals surface area (Å²) in [7, 11) is 0. The van der Waals surface area contributed by atoms with Gasteiger partial charge in [0.05, 0.1) is 11.8 Å². The van der Waals surface area contributed by atoms with Gasteiger partial charge in [0.2, 0.25) is 0 Å². The van der Waals surface area contributed by atoms with Crippen molar-refractivity contribution < 1.29 is 9.18 Å². The predicted molar refractivity (Wildman–Crippen MR) is 107 cm³/mol. The van der Waals surface area contributed by atoms with Crippen molar-refractivity contribution in [2.45, 2.75) is 6.92 Å². The number of carbonyl (C=O) groups excluding carboxylic acids is 1. The van der Waals surface area contributed by atoms with Gasteiger partial charge in [-0.05, 0) is 42.8 Å². The van der Waals surface area contributed by atoms with Crippen molar-refractivity contribution in [3.05, 3.63) is 65.9 Å². The maximum atomic E-state index is 13.3. The zero-order valence-corrected chi connectivity index (χ0v) is 15.9. The molecule has 29 heavy (non-hydrogen) atoms. The van der Waals surface area contributed by atoms with Gasteiger partial charge in [-0.1, -0.05) is 0 Å². The highest BCUT2D eigenvalue weighted by Crippen LogP contribution is 2.18. The fraction of sp³-hybridized carbons (Fsp3) is 0.250. The minimum Gasteiger partial charge on any atom is -0.352 e. The molecule has 1 fully saturated rings. The highest BCUT2D eigenvalue weighted by atomic mass is 19.1. The predicted octanol–water partition coefficient (Wildman–Crippen LogP) is 2.42. The van der Waals surface area contributed by atoms with Crippen LogP contribution in [0.5, 0.6) is 0 Å². The zero-order chi connectivity index (χ0) is 20.2. The van der Waals surface area contributed by atoms with E-state index in [1.165, 1.54) is 12.3 Å². The van der Waals surface area contributed by atoms with Crippen LogP contribution in [0.4, 0.5) is 21.8 Å². The third-order valence-electron chi connectivity index (χ3n) is 4.66. The van der Waals surface area contributed by atoms with Crippen LogP contribution in [0.1, 0.15) is 15.9 Å². The second-order valence-electron chi connectivity index (χ2n) is 6.79. The van der Waals surface area contributed by atoms with Gasteiger partial charge in [-0.3, -0.25) is 9.78 Å². The van der Waals surface area contributed by atoms with Gasteiger partial charge < -0.3 is 15.1 Å². The van der Waals surface area contributed by atoms with Gasteiger partial charge >= 0.3 is 0 Å². The molecule has 8 nitrogen and oxygen atoms in total. The number of carbonyl (C=O) groups is 1. The number of anilines is 3. The van der Waals surface area contributed by atoms with E-state index in [0.717, 1.165) is 17.6 Å². The van der Waals surface area contributed by atoms with Gasteiger partial charge in [-0.2, -0.15) is 0 Å². The van der Waals surface area contributed by atoms with E-state index in [0.29, 0.717) is 37.8 Å². The number of pyridine rings is 2. The van der Waals surface area contributed by atoms with Gasteiger partial charge in [0.25, 0.3) is 5.91 Å². The van der Waals surface area contributed by atoms with Crippen LogP contribution in [0, 0.1) is 12.7 Å². The van der Waals surface area contributed by atoms with Gasteiger partial charge in [0.15, 0.2) is 11.6 Å². The van der Waals surface area contributed by atoms with Crippen LogP contribution in [0.3, 0.4) is 0 Å². The molecule has 4 heterocycles. The van der Waals surface area contributed by atoms with Crippen molar-refractivity contribution in [2.75, 3.05) is 36.4 Å². The summed E-state index contributed by atoms with van der Waals surface area (Å²) in [5, 5.41) is 11.6. The van der Waals surface area contributed by atoms with Gasteiger partial charge in [-0.15, -0.1) is 10.2 Å². The van der Waals surface area contributed by atoms with E-state index >= 15 is 0 Å². The molecule has 0 aromatic carbocycles. The molecule has 0 aliphatic carbocycles. The van der Waals surface area contributed by atoms with Crippen molar-refractivity contribution in [2.24, 2.45) is 0 Å². The lowest BCUT2D eigenvalue weighted by molar-refractivity contribution is 0.0745. The lowest BCUT2D eigenvalue weighted by Gasteiger charge is -2.35. The summed E-state index contributed by atoms with van der Waals surface area (Å²) in [6.07, 6.45) is 4.21. The molecule has 0 radical (unpaired) electrons. The SMILES string of the molecule is Cc1ccnc(Nc2ccc(N3CCN(C(=O)c4cncc(F)c4)CC3)nn2)c1. The van der Waals surface area contributed by atoms with E-state index < -0.39 is 5.82 Å². The van der Waals surface area contributed by atoms with Crippen LogP contribution < -0.4 is 10.2 Å². The Kier molecular flexibility index (Phi) is 5.28. The Morgan fingerprint density at radius 3 is 2.55 bits per heavy atom. The number of rotatable bonds is 4.